The van der Waals surface area contributed by atoms with Gasteiger partial charge in [-0.3, -0.25) is 9.59 Å². The number of amides is 2. The van der Waals surface area contributed by atoms with Crippen LogP contribution in [0, 0.1) is 6.92 Å². The minimum atomic E-state index is -0.713. The summed E-state index contributed by atoms with van der Waals surface area (Å²) in [5.74, 6) is -1.42. The molecule has 0 bridgehead atoms. The highest BCUT2D eigenvalue weighted by atomic mass is 16.2. The highest BCUT2D eigenvalue weighted by Gasteiger charge is 2.14. The number of hydrogen-bond acceptors (Lipinski definition) is 3. The largest absolute Gasteiger partial charge is 0.356 e. The minimum Gasteiger partial charge on any atom is -0.356 e. The fourth-order valence-corrected chi connectivity index (χ4v) is 2.42. The summed E-state index contributed by atoms with van der Waals surface area (Å²) in [6.07, 6.45) is 0. The third-order valence-electron chi connectivity index (χ3n) is 3.69. The zero-order chi connectivity index (χ0) is 18.4. The molecule has 0 heterocycles. The van der Waals surface area contributed by atoms with Crippen LogP contribution < -0.4 is 16.0 Å². The topological polar surface area (TPSA) is 70.2 Å². The van der Waals surface area contributed by atoms with Crippen molar-refractivity contribution in [2.24, 2.45) is 0 Å². The van der Waals surface area contributed by atoms with Gasteiger partial charge in [-0.05, 0) is 61.0 Å². The van der Waals surface area contributed by atoms with Gasteiger partial charge < -0.3 is 16.0 Å². The number of rotatable bonds is 4. The Hall–Kier alpha value is -3.60. The smallest absolute Gasteiger partial charge is 0.314 e. The van der Waals surface area contributed by atoms with E-state index in [9.17, 15) is 9.59 Å². The molecule has 130 valence electrons. The third kappa shape index (κ3) is 4.70. The molecule has 0 aliphatic heterocycles. The molecule has 0 saturated heterocycles. The second-order valence-corrected chi connectivity index (χ2v) is 5.85. The van der Waals surface area contributed by atoms with Crippen molar-refractivity contribution < 1.29 is 9.59 Å². The number of anilines is 4. The van der Waals surface area contributed by atoms with Crippen LogP contribution >= 0.6 is 0 Å². The van der Waals surface area contributed by atoms with Crippen LogP contribution in [0.25, 0.3) is 0 Å². The van der Waals surface area contributed by atoms with Crippen LogP contribution in [0.4, 0.5) is 22.7 Å². The summed E-state index contributed by atoms with van der Waals surface area (Å²) >= 11 is 0. The van der Waals surface area contributed by atoms with E-state index in [2.05, 4.69) is 16.0 Å². The molecule has 0 aliphatic carbocycles. The van der Waals surface area contributed by atoms with Crippen molar-refractivity contribution in [3.63, 3.8) is 0 Å². The van der Waals surface area contributed by atoms with Crippen LogP contribution in [0.1, 0.15) is 5.56 Å². The summed E-state index contributed by atoms with van der Waals surface area (Å²) in [6.45, 7) is 1.92. The first-order chi connectivity index (χ1) is 12.6. The molecular formula is C21H19N3O2. The maximum atomic E-state index is 12.0. The lowest BCUT2D eigenvalue weighted by atomic mass is 10.2. The van der Waals surface area contributed by atoms with Gasteiger partial charge in [-0.1, -0.05) is 30.3 Å². The summed E-state index contributed by atoms with van der Waals surface area (Å²) in [7, 11) is 0. The second kappa shape index (κ2) is 7.98. The summed E-state index contributed by atoms with van der Waals surface area (Å²) in [6, 6.07) is 24.2. The monoisotopic (exact) mass is 345 g/mol. The molecule has 3 aromatic carbocycles. The molecule has 0 fully saturated rings. The lowest BCUT2D eigenvalue weighted by Crippen LogP contribution is -2.29. The second-order valence-electron chi connectivity index (χ2n) is 5.85. The number of benzene rings is 3. The van der Waals surface area contributed by atoms with Gasteiger partial charge in [0, 0.05) is 22.7 Å². The Kier molecular flexibility index (Phi) is 5.29. The molecular weight excluding hydrogens is 326 g/mol. The van der Waals surface area contributed by atoms with Gasteiger partial charge in [0.05, 0.1) is 0 Å². The van der Waals surface area contributed by atoms with Crippen molar-refractivity contribution in [1.29, 1.82) is 0 Å². The molecule has 0 spiro atoms. The van der Waals surface area contributed by atoms with Crippen LogP contribution in [0.15, 0.2) is 78.9 Å². The SMILES string of the molecule is Cc1cccc(NC(=O)C(=O)Nc2ccc(Nc3ccccc3)cc2)c1. The molecule has 0 aliphatic rings. The van der Waals surface area contributed by atoms with Crippen molar-refractivity contribution in [3.8, 4) is 0 Å². The Morgan fingerprint density at radius 2 is 1.15 bits per heavy atom. The summed E-state index contributed by atoms with van der Waals surface area (Å²) < 4.78 is 0. The van der Waals surface area contributed by atoms with Gasteiger partial charge in [0.25, 0.3) is 0 Å². The minimum absolute atomic E-state index is 0.549. The Morgan fingerprint density at radius 1 is 0.615 bits per heavy atom. The van der Waals surface area contributed by atoms with Crippen molar-refractivity contribution in [1.82, 2.24) is 0 Å². The Labute approximate surface area is 152 Å². The maximum Gasteiger partial charge on any atom is 0.314 e. The third-order valence-corrected chi connectivity index (χ3v) is 3.69. The molecule has 3 rings (SSSR count). The molecule has 2 amide bonds. The molecule has 0 radical (unpaired) electrons. The average molecular weight is 345 g/mol. The maximum absolute atomic E-state index is 12.0. The first-order valence-corrected chi connectivity index (χ1v) is 8.21. The lowest BCUT2D eigenvalue weighted by Gasteiger charge is -2.09. The van der Waals surface area contributed by atoms with Gasteiger partial charge in [0.2, 0.25) is 0 Å². The summed E-state index contributed by atoms with van der Waals surface area (Å²) in [5.41, 5.74) is 4.01. The van der Waals surface area contributed by atoms with Gasteiger partial charge in [0.1, 0.15) is 0 Å². The van der Waals surface area contributed by atoms with E-state index in [-0.39, 0.29) is 0 Å². The lowest BCUT2D eigenvalue weighted by molar-refractivity contribution is -0.132. The Morgan fingerprint density at radius 3 is 1.81 bits per heavy atom. The van der Waals surface area contributed by atoms with Crippen LogP contribution in [-0.2, 0) is 9.59 Å². The number of aryl methyl sites for hydroxylation is 1. The number of carbonyl (C=O) groups excluding carboxylic acids is 2. The van der Waals surface area contributed by atoms with Crippen molar-refractivity contribution in [2.45, 2.75) is 6.92 Å². The fourth-order valence-electron chi connectivity index (χ4n) is 2.42. The van der Waals surface area contributed by atoms with Gasteiger partial charge in [-0.2, -0.15) is 0 Å². The molecule has 3 N–H and O–H groups in total. The molecule has 0 saturated carbocycles. The summed E-state index contributed by atoms with van der Waals surface area (Å²) in [4.78, 5) is 24.0. The van der Waals surface area contributed by atoms with Crippen molar-refractivity contribution in [3.05, 3.63) is 84.4 Å². The number of nitrogens with one attached hydrogen (secondary N) is 3. The standard InChI is InChI=1S/C21H19N3O2/c1-15-6-5-9-19(14-15)24-21(26)20(25)23-18-12-10-17(11-13-18)22-16-7-3-2-4-8-16/h2-14,22H,1H3,(H,23,25)(H,24,26). The Balaban J connectivity index is 1.58. The predicted molar refractivity (Wildman–Crippen MR) is 105 cm³/mol. The highest BCUT2D eigenvalue weighted by Crippen LogP contribution is 2.18. The van der Waals surface area contributed by atoms with Crippen molar-refractivity contribution >= 4 is 34.6 Å². The fraction of sp³-hybridized carbons (Fsp3) is 0.0476. The van der Waals surface area contributed by atoms with E-state index in [1.165, 1.54) is 0 Å². The van der Waals surface area contributed by atoms with E-state index in [0.717, 1.165) is 16.9 Å². The van der Waals surface area contributed by atoms with E-state index in [0.29, 0.717) is 11.4 Å². The molecule has 3 aromatic rings. The molecule has 0 unspecified atom stereocenters. The van der Waals surface area contributed by atoms with E-state index < -0.39 is 11.8 Å². The van der Waals surface area contributed by atoms with Crippen LogP contribution in [0.3, 0.4) is 0 Å². The number of hydrogen-bond donors (Lipinski definition) is 3. The highest BCUT2D eigenvalue weighted by molar-refractivity contribution is 6.43. The van der Waals surface area contributed by atoms with E-state index in [4.69, 9.17) is 0 Å². The zero-order valence-electron chi connectivity index (χ0n) is 14.3. The zero-order valence-corrected chi connectivity index (χ0v) is 14.3. The molecule has 0 atom stereocenters. The van der Waals surface area contributed by atoms with Crippen LogP contribution in [0.2, 0.25) is 0 Å². The van der Waals surface area contributed by atoms with E-state index in [1.807, 2.05) is 61.5 Å². The first-order valence-electron chi connectivity index (χ1n) is 8.21. The molecule has 26 heavy (non-hydrogen) atoms. The Bertz CT molecular complexity index is 906. The van der Waals surface area contributed by atoms with E-state index >= 15 is 0 Å². The van der Waals surface area contributed by atoms with E-state index in [1.54, 1.807) is 24.3 Å². The molecule has 0 aromatic heterocycles. The quantitative estimate of drug-likeness (QED) is 0.617. The normalized spacial score (nSPS) is 10.0. The van der Waals surface area contributed by atoms with Gasteiger partial charge in [-0.25, -0.2) is 0 Å². The molecule has 5 nitrogen and oxygen atoms in total. The average Bonchev–Trinajstić information content (AvgIpc) is 2.64. The van der Waals surface area contributed by atoms with Gasteiger partial charge in [0.15, 0.2) is 0 Å². The predicted octanol–water partition coefficient (Wildman–Crippen LogP) is 4.32. The van der Waals surface area contributed by atoms with Crippen LogP contribution in [-0.4, -0.2) is 11.8 Å². The summed E-state index contributed by atoms with van der Waals surface area (Å²) in [5, 5.41) is 8.43. The molecule has 5 heteroatoms. The number of para-hydroxylation sites is 1. The first kappa shape index (κ1) is 17.2. The van der Waals surface area contributed by atoms with Crippen molar-refractivity contribution in [2.75, 3.05) is 16.0 Å². The van der Waals surface area contributed by atoms with Gasteiger partial charge in [-0.15, -0.1) is 0 Å². The van der Waals surface area contributed by atoms with Gasteiger partial charge >= 0.3 is 11.8 Å². The van der Waals surface area contributed by atoms with Crippen LogP contribution in [0.5, 0.6) is 0 Å². The number of carbonyl (C=O) groups is 2.